The molecule has 9 aromatic carbocycles. The Labute approximate surface area is 357 Å². The molecule has 3 aromatic heterocycles. The summed E-state index contributed by atoms with van der Waals surface area (Å²) in [6.45, 7) is 4.15. The van der Waals surface area contributed by atoms with Gasteiger partial charge in [-0.1, -0.05) is 164 Å². The van der Waals surface area contributed by atoms with Crippen LogP contribution in [0, 0.1) is 0 Å². The minimum absolute atomic E-state index is 0.863. The van der Waals surface area contributed by atoms with Crippen molar-refractivity contribution in [2.24, 2.45) is 0 Å². The quantitative estimate of drug-likeness (QED) is 0.144. The van der Waals surface area contributed by atoms with Gasteiger partial charge in [0.05, 0.1) is 16.7 Å². The number of hydrogen-bond acceptors (Lipinski definition) is 3. The number of allylic oxidation sites excluding steroid dienone is 4. The van der Waals surface area contributed by atoms with E-state index >= 15 is 0 Å². The lowest BCUT2D eigenvalue weighted by Crippen LogP contribution is -2.10. The lowest BCUT2D eigenvalue weighted by molar-refractivity contribution is 0.670. The molecule has 0 amide bonds. The number of hydrogen-bond donors (Lipinski definition) is 0. The Bertz CT molecular complexity index is 3730. The van der Waals surface area contributed by atoms with Crippen LogP contribution in [0.2, 0.25) is 0 Å². The molecule has 12 rings (SSSR count). The van der Waals surface area contributed by atoms with Crippen molar-refractivity contribution in [1.29, 1.82) is 0 Å². The number of anilines is 2. The molecule has 0 aliphatic carbocycles. The van der Waals surface area contributed by atoms with Crippen molar-refractivity contribution < 1.29 is 8.83 Å². The Balaban J connectivity index is 1.04. The maximum atomic E-state index is 6.91. The van der Waals surface area contributed by atoms with E-state index in [2.05, 4.69) is 216 Å². The number of fused-ring (bicyclic) bond motifs is 11. The second-order valence-corrected chi connectivity index (χ2v) is 15.7. The van der Waals surface area contributed by atoms with Gasteiger partial charge in [-0.3, -0.25) is 0 Å². The van der Waals surface area contributed by atoms with Gasteiger partial charge in [0.2, 0.25) is 0 Å². The van der Waals surface area contributed by atoms with Crippen LogP contribution in [-0.2, 0) is 0 Å². The summed E-state index contributed by atoms with van der Waals surface area (Å²) in [5.41, 5.74) is 13.0. The number of nitrogens with zero attached hydrogens (tertiary/aromatic N) is 2. The van der Waals surface area contributed by atoms with Crippen LogP contribution in [0.4, 0.5) is 11.4 Å². The van der Waals surface area contributed by atoms with Gasteiger partial charge >= 0.3 is 0 Å². The van der Waals surface area contributed by atoms with Gasteiger partial charge in [-0.2, -0.15) is 0 Å². The summed E-state index contributed by atoms with van der Waals surface area (Å²) < 4.78 is 15.7. The highest BCUT2D eigenvalue weighted by Gasteiger charge is 2.20. The van der Waals surface area contributed by atoms with Crippen molar-refractivity contribution in [3.05, 3.63) is 225 Å². The zero-order valence-corrected chi connectivity index (χ0v) is 33.7. The van der Waals surface area contributed by atoms with E-state index in [4.69, 9.17) is 8.83 Å². The molecule has 4 heteroatoms. The first kappa shape index (κ1) is 35.6. The summed E-state index contributed by atoms with van der Waals surface area (Å²) in [5.74, 6) is 0. The highest BCUT2D eigenvalue weighted by molar-refractivity contribution is 6.18. The molecule has 4 nitrogen and oxygen atoms in total. The van der Waals surface area contributed by atoms with E-state index in [9.17, 15) is 0 Å². The largest absolute Gasteiger partial charge is 0.455 e. The van der Waals surface area contributed by atoms with Crippen LogP contribution >= 0.6 is 0 Å². The SMILES string of the molecule is C=C/C=C(\C=C\N(c1ccc(-c2cccc3c2oc2ccccc23)cc1)c1ccccc1-c1cccc2c1oc1c3ccccc3ccc21)n1c2ccccc2c2ccccc21. The van der Waals surface area contributed by atoms with E-state index in [1.165, 1.54) is 10.8 Å². The highest BCUT2D eigenvalue weighted by atomic mass is 16.3. The van der Waals surface area contributed by atoms with E-state index in [0.29, 0.717) is 0 Å². The highest BCUT2D eigenvalue weighted by Crippen LogP contribution is 2.44. The van der Waals surface area contributed by atoms with E-state index in [0.717, 1.165) is 105 Å². The molecular formula is C58H38N2O2. The molecule has 0 saturated heterocycles. The monoisotopic (exact) mass is 794 g/mol. The number of rotatable bonds is 8. The van der Waals surface area contributed by atoms with Crippen molar-refractivity contribution in [2.75, 3.05) is 4.90 Å². The van der Waals surface area contributed by atoms with Gasteiger partial charge in [0.15, 0.2) is 0 Å². The molecule has 0 unspecified atom stereocenters. The van der Waals surface area contributed by atoms with Crippen molar-refractivity contribution in [3.63, 3.8) is 0 Å². The molecule has 3 heterocycles. The fourth-order valence-corrected chi connectivity index (χ4v) is 9.41. The standard InChI is InChI=1S/C58H38N2O2/c1-2-15-41(60-53-27-10-6-18-44(53)45-19-7-11-28-54(45)60)36-37-59(40-33-30-39(31-34-40)43-22-13-24-49-47-21-8-12-29-55(47)61-56(43)49)52-26-9-5-20-46(52)48-23-14-25-50-51-35-32-38-16-3-4-17-42(38)57(51)62-58(48)50/h2-37H,1H2/b37-36+,41-15+. The minimum atomic E-state index is 0.863. The number of aromatic nitrogens is 1. The van der Waals surface area contributed by atoms with Gasteiger partial charge in [0.25, 0.3) is 0 Å². The average molecular weight is 795 g/mol. The molecule has 0 saturated carbocycles. The van der Waals surface area contributed by atoms with Crippen LogP contribution < -0.4 is 4.90 Å². The van der Waals surface area contributed by atoms with Crippen molar-refractivity contribution in [3.8, 4) is 22.3 Å². The normalized spacial score (nSPS) is 12.3. The summed E-state index contributed by atoms with van der Waals surface area (Å²) in [6, 6.07) is 68.5. The predicted molar refractivity (Wildman–Crippen MR) is 261 cm³/mol. The van der Waals surface area contributed by atoms with Gasteiger partial charge in [-0.05, 0) is 65.6 Å². The lowest BCUT2D eigenvalue weighted by atomic mass is 9.99. The van der Waals surface area contributed by atoms with Crippen LogP contribution in [0.1, 0.15) is 0 Å². The second kappa shape index (κ2) is 14.4. The molecule has 0 N–H and O–H groups in total. The topological polar surface area (TPSA) is 34.5 Å². The van der Waals surface area contributed by atoms with Crippen LogP contribution in [-0.4, -0.2) is 4.57 Å². The molecule has 0 atom stereocenters. The molecule has 0 fully saturated rings. The lowest BCUT2D eigenvalue weighted by Gasteiger charge is -2.25. The smallest absolute Gasteiger partial charge is 0.143 e. The summed E-state index contributed by atoms with van der Waals surface area (Å²) >= 11 is 0. The Morgan fingerprint density at radius 2 is 1.03 bits per heavy atom. The van der Waals surface area contributed by atoms with Gasteiger partial charge < -0.3 is 18.3 Å². The molecule has 12 aromatic rings. The van der Waals surface area contributed by atoms with Crippen molar-refractivity contribution in [1.82, 2.24) is 4.57 Å². The van der Waals surface area contributed by atoms with Crippen molar-refractivity contribution >= 4 is 93.5 Å². The van der Waals surface area contributed by atoms with E-state index in [-0.39, 0.29) is 0 Å². The molecule has 0 aliphatic heterocycles. The average Bonchev–Trinajstić information content (AvgIpc) is 4.02. The first-order chi connectivity index (χ1) is 30.7. The Kier molecular flexibility index (Phi) is 8.29. The van der Waals surface area contributed by atoms with E-state index in [1.807, 2.05) is 18.2 Å². The molecule has 0 aliphatic rings. The predicted octanol–water partition coefficient (Wildman–Crippen LogP) is 16.5. The maximum Gasteiger partial charge on any atom is 0.143 e. The van der Waals surface area contributed by atoms with Crippen LogP contribution in [0.15, 0.2) is 234 Å². The zero-order valence-electron chi connectivity index (χ0n) is 33.7. The molecule has 0 radical (unpaired) electrons. The molecule has 62 heavy (non-hydrogen) atoms. The Morgan fingerprint density at radius 3 is 1.81 bits per heavy atom. The summed E-state index contributed by atoms with van der Waals surface area (Å²) in [4.78, 5) is 2.28. The summed E-state index contributed by atoms with van der Waals surface area (Å²) in [5, 5.41) is 9.10. The van der Waals surface area contributed by atoms with Crippen molar-refractivity contribution in [2.45, 2.75) is 0 Å². The minimum Gasteiger partial charge on any atom is -0.455 e. The number of benzene rings is 9. The first-order valence-corrected chi connectivity index (χ1v) is 21.0. The number of furan rings is 2. The van der Waals surface area contributed by atoms with Gasteiger partial charge in [0.1, 0.15) is 22.3 Å². The van der Waals surface area contributed by atoms with Gasteiger partial charge in [-0.15, -0.1) is 0 Å². The molecule has 0 spiro atoms. The van der Waals surface area contributed by atoms with Gasteiger partial charge in [0, 0.05) is 72.0 Å². The number of para-hydroxylation sites is 6. The molecule has 0 bridgehead atoms. The van der Waals surface area contributed by atoms with Crippen LogP contribution in [0.25, 0.3) is 104 Å². The summed E-state index contributed by atoms with van der Waals surface area (Å²) in [7, 11) is 0. The Morgan fingerprint density at radius 1 is 0.452 bits per heavy atom. The third-order valence-corrected chi connectivity index (χ3v) is 12.2. The maximum absolute atomic E-state index is 6.91. The first-order valence-electron chi connectivity index (χ1n) is 21.0. The second-order valence-electron chi connectivity index (χ2n) is 15.7. The van der Waals surface area contributed by atoms with E-state index < -0.39 is 0 Å². The van der Waals surface area contributed by atoms with E-state index in [1.54, 1.807) is 0 Å². The zero-order chi connectivity index (χ0) is 41.1. The fourth-order valence-electron chi connectivity index (χ4n) is 9.41. The van der Waals surface area contributed by atoms with Crippen LogP contribution in [0.5, 0.6) is 0 Å². The van der Waals surface area contributed by atoms with Crippen LogP contribution in [0.3, 0.4) is 0 Å². The molecular weight excluding hydrogens is 757 g/mol. The third-order valence-electron chi connectivity index (χ3n) is 12.2. The summed E-state index contributed by atoms with van der Waals surface area (Å²) in [6.07, 6.45) is 8.31. The molecule has 292 valence electrons. The fraction of sp³-hybridized carbons (Fsp3) is 0. The van der Waals surface area contributed by atoms with Gasteiger partial charge in [-0.25, -0.2) is 0 Å². The third kappa shape index (κ3) is 5.62. The Hall–Kier alpha value is -8.34.